The number of ether oxygens (including phenoxy) is 2. The van der Waals surface area contributed by atoms with E-state index in [0.29, 0.717) is 11.4 Å². The van der Waals surface area contributed by atoms with Crippen molar-refractivity contribution < 1.29 is 9.47 Å². The molecule has 136 valence electrons. The van der Waals surface area contributed by atoms with Crippen LogP contribution in [0.1, 0.15) is 13.8 Å². The minimum atomic E-state index is 0.206. The molecule has 3 aromatic rings. The smallest absolute Gasteiger partial charge is 0.142 e. The Hall–Kier alpha value is -2.38. The summed E-state index contributed by atoms with van der Waals surface area (Å²) < 4.78 is 15.8. The molecule has 0 radical (unpaired) electrons. The van der Waals surface area contributed by atoms with Crippen molar-refractivity contribution in [2.45, 2.75) is 26.1 Å². The van der Waals surface area contributed by atoms with Crippen molar-refractivity contribution in [2.75, 3.05) is 30.8 Å². The molecule has 3 heterocycles. The van der Waals surface area contributed by atoms with Crippen LogP contribution in [0.25, 0.3) is 22.2 Å². The average molecular weight is 370 g/mol. The van der Waals surface area contributed by atoms with Gasteiger partial charge in [-0.1, -0.05) is 6.07 Å². The first-order chi connectivity index (χ1) is 12.5. The monoisotopic (exact) mass is 370 g/mol. The van der Waals surface area contributed by atoms with Gasteiger partial charge < -0.3 is 20.1 Å². The van der Waals surface area contributed by atoms with E-state index in [1.54, 1.807) is 7.11 Å². The van der Waals surface area contributed by atoms with E-state index in [1.165, 1.54) is 11.5 Å². The van der Waals surface area contributed by atoms with Gasteiger partial charge in [-0.15, -0.1) is 0 Å². The Morgan fingerprint density at radius 2 is 1.96 bits per heavy atom. The van der Waals surface area contributed by atoms with Crippen LogP contribution in [0.15, 0.2) is 30.5 Å². The van der Waals surface area contributed by atoms with Crippen molar-refractivity contribution in [3.63, 3.8) is 0 Å². The van der Waals surface area contributed by atoms with Gasteiger partial charge in [0.25, 0.3) is 0 Å². The highest BCUT2D eigenvalue weighted by molar-refractivity contribution is 7.11. The van der Waals surface area contributed by atoms with Crippen LogP contribution < -0.4 is 15.4 Å². The van der Waals surface area contributed by atoms with Gasteiger partial charge in [0.1, 0.15) is 21.8 Å². The van der Waals surface area contributed by atoms with Crippen LogP contribution in [0.3, 0.4) is 0 Å². The van der Waals surface area contributed by atoms with Gasteiger partial charge >= 0.3 is 0 Å². The van der Waals surface area contributed by atoms with Gasteiger partial charge in [-0.3, -0.25) is 4.98 Å². The van der Waals surface area contributed by atoms with Gasteiger partial charge in [0, 0.05) is 24.8 Å². The number of hydrogen-bond acceptors (Lipinski definition) is 7. The third kappa shape index (κ3) is 3.08. The fourth-order valence-electron chi connectivity index (χ4n) is 3.42. The number of fused-ring (bicyclic) bond motifs is 1. The van der Waals surface area contributed by atoms with E-state index in [-0.39, 0.29) is 12.2 Å². The summed E-state index contributed by atoms with van der Waals surface area (Å²) in [6, 6.07) is 7.82. The van der Waals surface area contributed by atoms with Crippen molar-refractivity contribution in [3.05, 3.63) is 30.5 Å². The van der Waals surface area contributed by atoms with Gasteiger partial charge in [-0.25, -0.2) is 0 Å². The van der Waals surface area contributed by atoms with Crippen LogP contribution >= 0.6 is 11.5 Å². The van der Waals surface area contributed by atoms with Crippen LogP contribution in [0.2, 0.25) is 0 Å². The molecular weight excluding hydrogens is 348 g/mol. The highest BCUT2D eigenvalue weighted by Crippen LogP contribution is 2.35. The molecule has 7 heteroatoms. The molecule has 4 rings (SSSR count). The zero-order valence-corrected chi connectivity index (χ0v) is 15.9. The highest BCUT2D eigenvalue weighted by Gasteiger charge is 2.25. The Bertz CT molecular complexity index is 932. The molecule has 0 aliphatic carbocycles. The summed E-state index contributed by atoms with van der Waals surface area (Å²) >= 11 is 1.50. The van der Waals surface area contributed by atoms with Gasteiger partial charge in [0.2, 0.25) is 0 Å². The average Bonchev–Trinajstić information content (AvgIpc) is 3.04. The number of hydrogen-bond donors (Lipinski definition) is 1. The van der Waals surface area contributed by atoms with Crippen molar-refractivity contribution in [1.82, 2.24) is 9.36 Å². The maximum absolute atomic E-state index is 5.91. The van der Waals surface area contributed by atoms with Gasteiger partial charge in [0.15, 0.2) is 0 Å². The quantitative estimate of drug-likeness (QED) is 0.711. The van der Waals surface area contributed by atoms with E-state index >= 15 is 0 Å². The SMILES string of the molecule is COc1cc(-c2cnc3c(N4CC(C)OC(C)C4)snc3c2)ccc1N. The fourth-order valence-corrected chi connectivity index (χ4v) is 4.26. The molecule has 2 N–H and O–H groups in total. The molecule has 0 bridgehead atoms. The summed E-state index contributed by atoms with van der Waals surface area (Å²) in [5, 5.41) is 1.11. The van der Waals surface area contributed by atoms with Gasteiger partial charge in [-0.05, 0) is 49.1 Å². The predicted molar refractivity (Wildman–Crippen MR) is 106 cm³/mol. The molecule has 1 fully saturated rings. The van der Waals surface area contributed by atoms with Crippen molar-refractivity contribution in [1.29, 1.82) is 0 Å². The zero-order chi connectivity index (χ0) is 18.3. The van der Waals surface area contributed by atoms with E-state index in [0.717, 1.165) is 40.3 Å². The zero-order valence-electron chi connectivity index (χ0n) is 15.1. The molecular formula is C19H22N4O2S. The summed E-state index contributed by atoms with van der Waals surface area (Å²) in [7, 11) is 1.62. The second-order valence-electron chi connectivity index (χ2n) is 6.70. The molecule has 1 aliphatic heterocycles. The van der Waals surface area contributed by atoms with Crippen LogP contribution in [0.4, 0.5) is 10.7 Å². The maximum atomic E-state index is 5.91. The number of benzene rings is 1. The molecule has 2 aromatic heterocycles. The first kappa shape index (κ1) is 17.1. The van der Waals surface area contributed by atoms with Crippen LogP contribution in [-0.2, 0) is 4.74 Å². The largest absolute Gasteiger partial charge is 0.495 e. The van der Waals surface area contributed by atoms with Crippen LogP contribution in [0.5, 0.6) is 5.75 Å². The minimum absolute atomic E-state index is 0.206. The number of rotatable bonds is 3. The van der Waals surface area contributed by atoms with Crippen LogP contribution in [-0.4, -0.2) is 41.8 Å². The molecule has 2 atom stereocenters. The normalized spacial score (nSPS) is 20.5. The van der Waals surface area contributed by atoms with Gasteiger partial charge in [-0.2, -0.15) is 4.37 Å². The number of nitrogens with two attached hydrogens (primary N) is 1. The summed E-state index contributed by atoms with van der Waals surface area (Å²) in [4.78, 5) is 7.05. The lowest BCUT2D eigenvalue weighted by molar-refractivity contribution is -0.00494. The first-order valence-electron chi connectivity index (χ1n) is 8.65. The Balaban J connectivity index is 1.69. The molecule has 0 spiro atoms. The molecule has 1 saturated heterocycles. The van der Waals surface area contributed by atoms with E-state index in [9.17, 15) is 0 Å². The Morgan fingerprint density at radius 3 is 2.69 bits per heavy atom. The van der Waals surface area contributed by atoms with Gasteiger partial charge in [0.05, 0.1) is 25.0 Å². The minimum Gasteiger partial charge on any atom is -0.495 e. The number of anilines is 2. The molecule has 6 nitrogen and oxygen atoms in total. The van der Waals surface area contributed by atoms with E-state index in [1.807, 2.05) is 24.4 Å². The lowest BCUT2D eigenvalue weighted by Crippen LogP contribution is -2.45. The Labute approximate surface area is 156 Å². The van der Waals surface area contributed by atoms with E-state index in [2.05, 4.69) is 29.2 Å². The topological polar surface area (TPSA) is 73.5 Å². The van der Waals surface area contributed by atoms with Crippen molar-refractivity contribution in [2.24, 2.45) is 0 Å². The van der Waals surface area contributed by atoms with Crippen LogP contribution in [0, 0.1) is 0 Å². The third-order valence-corrected chi connectivity index (χ3v) is 5.49. The summed E-state index contributed by atoms with van der Waals surface area (Å²) in [5.41, 5.74) is 10.4. The second kappa shape index (κ2) is 6.74. The number of nitrogen functional groups attached to an aromatic ring is 1. The van der Waals surface area contributed by atoms with Crippen molar-refractivity contribution in [3.8, 4) is 16.9 Å². The fraction of sp³-hybridized carbons (Fsp3) is 0.368. The lowest BCUT2D eigenvalue weighted by Gasteiger charge is -2.35. The molecule has 26 heavy (non-hydrogen) atoms. The standard InChI is InChI=1S/C19H22N4O2S/c1-11-9-23(10-12(2)25-11)19-18-16(22-26-19)6-14(8-21-18)13-4-5-15(20)17(7-13)24-3/h4-8,11-12H,9-10,20H2,1-3H3. The first-order valence-corrected chi connectivity index (χ1v) is 9.42. The number of morpholine rings is 1. The van der Waals surface area contributed by atoms with Crippen molar-refractivity contribution >= 4 is 33.3 Å². The lowest BCUT2D eigenvalue weighted by atomic mass is 10.1. The molecule has 0 saturated carbocycles. The number of nitrogens with zero attached hydrogens (tertiary/aromatic N) is 3. The molecule has 1 aromatic carbocycles. The molecule has 0 amide bonds. The summed E-state index contributed by atoms with van der Waals surface area (Å²) in [5.74, 6) is 0.665. The number of pyridine rings is 1. The maximum Gasteiger partial charge on any atom is 0.142 e. The highest BCUT2D eigenvalue weighted by atomic mass is 32.1. The Morgan fingerprint density at radius 1 is 1.19 bits per heavy atom. The molecule has 1 aliphatic rings. The molecule has 2 unspecified atom stereocenters. The summed E-state index contributed by atoms with van der Waals surface area (Å²) in [6.45, 7) is 5.93. The predicted octanol–water partition coefficient (Wildman–Crippen LogP) is 3.56. The van der Waals surface area contributed by atoms with E-state index in [4.69, 9.17) is 20.2 Å². The number of methoxy groups -OCH3 is 1. The third-order valence-electron chi connectivity index (χ3n) is 4.57. The number of aromatic nitrogens is 2. The summed E-state index contributed by atoms with van der Waals surface area (Å²) in [6.07, 6.45) is 2.30. The Kier molecular flexibility index (Phi) is 4.42. The second-order valence-corrected chi connectivity index (χ2v) is 7.45. The van der Waals surface area contributed by atoms with E-state index < -0.39 is 0 Å².